The van der Waals surface area contributed by atoms with E-state index in [0.717, 1.165) is 12.0 Å². The fraction of sp³-hybridized carbons (Fsp3) is 0.647. The summed E-state index contributed by atoms with van der Waals surface area (Å²) < 4.78 is 1.28. The Hall–Kier alpha value is 0.01000. The minimum Gasteiger partial charge on any atom is -0.314 e. The average Bonchev–Trinajstić information content (AvgIpc) is 2.41. The van der Waals surface area contributed by atoms with Gasteiger partial charge in [-0.3, -0.25) is 0 Å². The number of hydrogen-bond donors (Lipinski definition) is 1. The molecule has 1 N–H and O–H groups in total. The maximum absolute atomic E-state index is 3.71. The van der Waals surface area contributed by atoms with Gasteiger partial charge in [0.1, 0.15) is 0 Å². The van der Waals surface area contributed by atoms with E-state index in [2.05, 4.69) is 51.8 Å². The molecule has 0 atom stereocenters. The molecule has 1 nitrogen and oxygen atoms in total. The molecule has 112 valence electrons. The van der Waals surface area contributed by atoms with E-state index in [1.165, 1.54) is 60.9 Å². The van der Waals surface area contributed by atoms with Crippen molar-refractivity contribution in [1.82, 2.24) is 5.32 Å². The molecule has 0 aliphatic heterocycles. The number of unbranched alkanes of at least 4 members (excludes halogenated alkanes) is 3. The molecule has 1 fully saturated rings. The topological polar surface area (TPSA) is 12.0 Å². The van der Waals surface area contributed by atoms with Gasteiger partial charge in [-0.15, -0.1) is 0 Å². The van der Waals surface area contributed by atoms with Gasteiger partial charge in [0.25, 0.3) is 0 Å². The highest BCUT2D eigenvalue weighted by atomic mass is 79.9. The molecular formula is C17H26BrNS. The Morgan fingerprint density at radius 1 is 1.15 bits per heavy atom. The molecule has 0 amide bonds. The number of halogens is 1. The fourth-order valence-electron chi connectivity index (χ4n) is 2.88. The zero-order valence-electron chi connectivity index (χ0n) is 12.4. The molecule has 0 spiro atoms. The lowest BCUT2D eigenvalue weighted by Gasteiger charge is -2.37. The Labute approximate surface area is 136 Å². The molecule has 1 aromatic carbocycles. The van der Waals surface area contributed by atoms with Crippen LogP contribution >= 0.6 is 27.7 Å². The number of nitrogens with one attached hydrogen (secondary N) is 1. The minimum atomic E-state index is 0.748. The Morgan fingerprint density at radius 2 is 1.90 bits per heavy atom. The van der Waals surface area contributed by atoms with E-state index in [0.29, 0.717) is 0 Å². The van der Waals surface area contributed by atoms with Gasteiger partial charge < -0.3 is 5.32 Å². The predicted molar refractivity (Wildman–Crippen MR) is 94.8 cm³/mol. The van der Waals surface area contributed by atoms with Crippen LogP contribution in [0.5, 0.6) is 0 Å². The highest BCUT2D eigenvalue weighted by Gasteiger charge is 2.30. The van der Waals surface area contributed by atoms with Crippen LogP contribution in [0, 0.1) is 0 Å². The molecule has 1 aromatic rings. The second-order valence-corrected chi connectivity index (χ2v) is 7.59. The molecule has 1 saturated carbocycles. The lowest BCUT2D eigenvalue weighted by molar-refractivity contribution is 0.289. The van der Waals surface area contributed by atoms with Crippen LogP contribution in [0.25, 0.3) is 0 Å². The lowest BCUT2D eigenvalue weighted by atomic mass is 9.76. The van der Waals surface area contributed by atoms with Gasteiger partial charge in [0.15, 0.2) is 0 Å². The first-order valence-corrected chi connectivity index (χ1v) is 9.96. The van der Waals surface area contributed by atoms with Crippen LogP contribution in [0.4, 0.5) is 0 Å². The van der Waals surface area contributed by atoms with Gasteiger partial charge in [-0.2, -0.15) is 11.8 Å². The molecule has 0 radical (unpaired) electrons. The SMILES string of the molecule is CSCCCCCCNC1CC(c2ccccc2Br)C1. The van der Waals surface area contributed by atoms with E-state index >= 15 is 0 Å². The molecule has 0 bridgehead atoms. The van der Waals surface area contributed by atoms with Crippen molar-refractivity contribution in [3.05, 3.63) is 34.3 Å². The maximum atomic E-state index is 3.71. The summed E-state index contributed by atoms with van der Waals surface area (Å²) in [5, 5.41) is 3.71. The third-order valence-corrected chi connectivity index (χ3v) is 5.61. The van der Waals surface area contributed by atoms with Crippen LogP contribution in [-0.2, 0) is 0 Å². The Balaban J connectivity index is 1.53. The third-order valence-electron chi connectivity index (χ3n) is 4.19. The second kappa shape index (κ2) is 9.11. The third kappa shape index (κ3) is 5.09. The van der Waals surface area contributed by atoms with Crippen molar-refractivity contribution in [2.75, 3.05) is 18.6 Å². The Kier molecular flexibility index (Phi) is 7.47. The van der Waals surface area contributed by atoms with E-state index in [-0.39, 0.29) is 0 Å². The van der Waals surface area contributed by atoms with Crippen molar-refractivity contribution in [3.8, 4) is 0 Å². The molecule has 0 heterocycles. The lowest BCUT2D eigenvalue weighted by Crippen LogP contribution is -2.40. The average molecular weight is 356 g/mol. The quantitative estimate of drug-likeness (QED) is 0.610. The highest BCUT2D eigenvalue weighted by molar-refractivity contribution is 9.10. The van der Waals surface area contributed by atoms with Gasteiger partial charge in [-0.05, 0) is 61.8 Å². The van der Waals surface area contributed by atoms with E-state index in [9.17, 15) is 0 Å². The van der Waals surface area contributed by atoms with E-state index in [4.69, 9.17) is 0 Å². The van der Waals surface area contributed by atoms with Gasteiger partial charge in [0, 0.05) is 10.5 Å². The standard InChI is InChI=1S/C17H26BrNS/c1-20-11-7-3-2-6-10-19-15-12-14(13-15)16-8-4-5-9-17(16)18/h4-5,8-9,14-15,19H,2-3,6-7,10-13H2,1H3. The smallest absolute Gasteiger partial charge is 0.0210 e. The first-order valence-electron chi connectivity index (χ1n) is 7.78. The summed E-state index contributed by atoms with van der Waals surface area (Å²) in [4.78, 5) is 0. The second-order valence-electron chi connectivity index (χ2n) is 5.75. The summed E-state index contributed by atoms with van der Waals surface area (Å²) in [6.45, 7) is 1.20. The Morgan fingerprint density at radius 3 is 2.65 bits per heavy atom. The zero-order chi connectivity index (χ0) is 14.2. The molecule has 1 aliphatic carbocycles. The summed E-state index contributed by atoms with van der Waals surface area (Å²) >= 11 is 5.63. The minimum absolute atomic E-state index is 0.748. The highest BCUT2D eigenvalue weighted by Crippen LogP contribution is 2.39. The summed E-state index contributed by atoms with van der Waals surface area (Å²) in [5.74, 6) is 2.08. The first kappa shape index (κ1) is 16.4. The molecule has 3 heteroatoms. The number of benzene rings is 1. The maximum Gasteiger partial charge on any atom is 0.0210 e. The van der Waals surface area contributed by atoms with Crippen molar-refractivity contribution >= 4 is 27.7 Å². The number of hydrogen-bond acceptors (Lipinski definition) is 2. The van der Waals surface area contributed by atoms with Crippen LogP contribution in [-0.4, -0.2) is 24.6 Å². The van der Waals surface area contributed by atoms with Gasteiger partial charge in [-0.25, -0.2) is 0 Å². The monoisotopic (exact) mass is 355 g/mol. The van der Waals surface area contributed by atoms with E-state index < -0.39 is 0 Å². The molecule has 20 heavy (non-hydrogen) atoms. The summed E-state index contributed by atoms with van der Waals surface area (Å²) in [6, 6.07) is 9.41. The predicted octanol–water partition coefficient (Wildman–Crippen LogP) is 5.21. The van der Waals surface area contributed by atoms with Crippen molar-refractivity contribution < 1.29 is 0 Å². The van der Waals surface area contributed by atoms with E-state index in [1.54, 1.807) is 0 Å². The van der Waals surface area contributed by atoms with Crippen LogP contribution in [0.3, 0.4) is 0 Å². The number of rotatable bonds is 9. The first-order chi connectivity index (χ1) is 9.81. The largest absolute Gasteiger partial charge is 0.314 e. The van der Waals surface area contributed by atoms with Gasteiger partial charge in [0.05, 0.1) is 0 Å². The van der Waals surface area contributed by atoms with Gasteiger partial charge in [0.2, 0.25) is 0 Å². The normalized spacial score (nSPS) is 21.7. The zero-order valence-corrected chi connectivity index (χ0v) is 14.8. The van der Waals surface area contributed by atoms with Crippen LogP contribution < -0.4 is 5.32 Å². The van der Waals surface area contributed by atoms with Crippen molar-refractivity contribution in [3.63, 3.8) is 0 Å². The summed E-state index contributed by atoms with van der Waals surface area (Å²) in [5.41, 5.74) is 1.49. The molecule has 1 aliphatic rings. The molecule has 0 saturated heterocycles. The van der Waals surface area contributed by atoms with Gasteiger partial charge >= 0.3 is 0 Å². The summed E-state index contributed by atoms with van der Waals surface area (Å²) in [6.07, 6.45) is 10.3. The molecule has 0 unspecified atom stereocenters. The van der Waals surface area contributed by atoms with Crippen molar-refractivity contribution in [2.45, 2.75) is 50.5 Å². The molecule has 2 rings (SSSR count). The Bertz CT molecular complexity index is 390. The molecular weight excluding hydrogens is 330 g/mol. The fourth-order valence-corrected chi connectivity index (χ4v) is 3.98. The van der Waals surface area contributed by atoms with Crippen molar-refractivity contribution in [2.24, 2.45) is 0 Å². The van der Waals surface area contributed by atoms with Gasteiger partial charge in [-0.1, -0.05) is 47.0 Å². The van der Waals surface area contributed by atoms with Crippen LogP contribution in [0.15, 0.2) is 28.7 Å². The summed E-state index contributed by atoms with van der Waals surface area (Å²) in [7, 11) is 0. The number of thioether (sulfide) groups is 1. The van der Waals surface area contributed by atoms with Crippen molar-refractivity contribution in [1.29, 1.82) is 0 Å². The van der Waals surface area contributed by atoms with E-state index in [1.807, 2.05) is 11.8 Å². The molecule has 0 aromatic heterocycles. The van der Waals surface area contributed by atoms with Crippen LogP contribution in [0.2, 0.25) is 0 Å². The van der Waals surface area contributed by atoms with Crippen LogP contribution in [0.1, 0.15) is 50.0 Å².